The summed E-state index contributed by atoms with van der Waals surface area (Å²) in [5.41, 5.74) is 0.742. The summed E-state index contributed by atoms with van der Waals surface area (Å²) in [6.45, 7) is 8.46. The lowest BCUT2D eigenvalue weighted by Crippen LogP contribution is -2.53. The molecule has 3 rings (SSSR count). The van der Waals surface area contributed by atoms with E-state index in [4.69, 9.17) is 0 Å². The molecule has 1 aliphatic rings. The molecule has 1 aliphatic heterocycles. The monoisotopic (exact) mass is 303 g/mol. The van der Waals surface area contributed by atoms with Gasteiger partial charge in [0.25, 0.3) is 0 Å². The molecular weight excluding hydrogens is 282 g/mol. The molecule has 2 amide bonds. The van der Waals surface area contributed by atoms with E-state index in [2.05, 4.69) is 25.1 Å². The molecule has 0 aliphatic carbocycles. The Morgan fingerprint density at radius 1 is 1.23 bits per heavy atom. The highest BCUT2D eigenvalue weighted by atomic mass is 16.2. The van der Waals surface area contributed by atoms with Crippen LogP contribution in [0.1, 0.15) is 13.8 Å². The van der Waals surface area contributed by atoms with Gasteiger partial charge in [0.2, 0.25) is 0 Å². The molecule has 2 aromatic heterocycles. The first-order valence-corrected chi connectivity index (χ1v) is 7.67. The predicted octanol–water partition coefficient (Wildman–Crippen LogP) is 0.937. The third kappa shape index (κ3) is 2.56. The number of hydrogen-bond acceptors (Lipinski definition) is 5. The SMILES string of the molecule is CCN(CC)C(=O)N1CCN(c2ncnc3[nH]ncc23)CC1. The van der Waals surface area contributed by atoms with Crippen molar-refractivity contribution in [1.29, 1.82) is 0 Å². The number of urea groups is 1. The number of anilines is 1. The van der Waals surface area contributed by atoms with E-state index < -0.39 is 0 Å². The van der Waals surface area contributed by atoms with Crippen molar-refractivity contribution < 1.29 is 4.79 Å². The van der Waals surface area contributed by atoms with Gasteiger partial charge in [-0.2, -0.15) is 5.10 Å². The molecule has 22 heavy (non-hydrogen) atoms. The van der Waals surface area contributed by atoms with E-state index in [-0.39, 0.29) is 6.03 Å². The van der Waals surface area contributed by atoms with Crippen molar-refractivity contribution in [2.24, 2.45) is 0 Å². The quantitative estimate of drug-likeness (QED) is 0.912. The highest BCUT2D eigenvalue weighted by molar-refractivity contribution is 5.86. The third-order valence-electron chi connectivity index (χ3n) is 4.11. The zero-order valence-electron chi connectivity index (χ0n) is 13.0. The lowest BCUT2D eigenvalue weighted by molar-refractivity contribution is 0.154. The Balaban J connectivity index is 1.69. The van der Waals surface area contributed by atoms with Crippen molar-refractivity contribution in [3.8, 4) is 0 Å². The van der Waals surface area contributed by atoms with E-state index >= 15 is 0 Å². The van der Waals surface area contributed by atoms with Gasteiger partial charge in [-0.15, -0.1) is 0 Å². The molecule has 2 aromatic rings. The van der Waals surface area contributed by atoms with Gasteiger partial charge in [-0.3, -0.25) is 5.10 Å². The number of aromatic nitrogens is 4. The van der Waals surface area contributed by atoms with Crippen LogP contribution in [0.4, 0.5) is 10.6 Å². The Labute approximate surface area is 129 Å². The van der Waals surface area contributed by atoms with Crippen LogP contribution in [0, 0.1) is 0 Å². The van der Waals surface area contributed by atoms with Crippen LogP contribution in [0.15, 0.2) is 12.5 Å². The second kappa shape index (κ2) is 6.17. The number of fused-ring (bicyclic) bond motifs is 1. The Morgan fingerprint density at radius 2 is 1.95 bits per heavy atom. The van der Waals surface area contributed by atoms with Crippen LogP contribution >= 0.6 is 0 Å². The molecule has 0 unspecified atom stereocenters. The van der Waals surface area contributed by atoms with Crippen molar-refractivity contribution in [3.05, 3.63) is 12.5 Å². The van der Waals surface area contributed by atoms with Crippen molar-refractivity contribution in [1.82, 2.24) is 30.0 Å². The minimum Gasteiger partial charge on any atom is -0.352 e. The van der Waals surface area contributed by atoms with Crippen LogP contribution in [-0.4, -0.2) is 75.3 Å². The van der Waals surface area contributed by atoms with Gasteiger partial charge in [0, 0.05) is 39.3 Å². The average Bonchev–Trinajstić information content (AvgIpc) is 3.04. The number of aromatic amines is 1. The Kier molecular flexibility index (Phi) is 4.08. The maximum absolute atomic E-state index is 12.4. The number of rotatable bonds is 3. The van der Waals surface area contributed by atoms with E-state index in [0.29, 0.717) is 13.1 Å². The van der Waals surface area contributed by atoms with Crippen molar-refractivity contribution in [2.75, 3.05) is 44.2 Å². The van der Waals surface area contributed by atoms with E-state index in [9.17, 15) is 4.79 Å². The minimum absolute atomic E-state index is 0.126. The van der Waals surface area contributed by atoms with Gasteiger partial charge in [0.05, 0.1) is 11.6 Å². The summed E-state index contributed by atoms with van der Waals surface area (Å²) >= 11 is 0. The van der Waals surface area contributed by atoms with Crippen LogP contribution in [0.3, 0.4) is 0 Å². The lowest BCUT2D eigenvalue weighted by Gasteiger charge is -2.37. The van der Waals surface area contributed by atoms with Crippen LogP contribution in [-0.2, 0) is 0 Å². The van der Waals surface area contributed by atoms with Crippen LogP contribution in [0.25, 0.3) is 11.0 Å². The van der Waals surface area contributed by atoms with Crippen molar-refractivity contribution in [3.63, 3.8) is 0 Å². The van der Waals surface area contributed by atoms with Gasteiger partial charge >= 0.3 is 6.03 Å². The molecule has 8 nitrogen and oxygen atoms in total. The van der Waals surface area contributed by atoms with Gasteiger partial charge < -0.3 is 14.7 Å². The number of carbonyl (C=O) groups excluding carboxylic acids is 1. The Hall–Kier alpha value is -2.38. The van der Waals surface area contributed by atoms with Crippen molar-refractivity contribution >= 4 is 22.9 Å². The number of nitrogens with zero attached hydrogens (tertiary/aromatic N) is 6. The average molecular weight is 303 g/mol. The fourth-order valence-electron chi connectivity index (χ4n) is 2.81. The maximum atomic E-state index is 12.4. The number of carbonyl (C=O) groups is 1. The van der Waals surface area contributed by atoms with Crippen LogP contribution in [0.2, 0.25) is 0 Å². The zero-order chi connectivity index (χ0) is 15.5. The highest BCUT2D eigenvalue weighted by Crippen LogP contribution is 2.22. The summed E-state index contributed by atoms with van der Waals surface area (Å²) in [7, 11) is 0. The number of amides is 2. The smallest absolute Gasteiger partial charge is 0.320 e. The standard InChI is InChI=1S/C14H21N7O/c1-3-19(4-2)14(22)21-7-5-20(6-8-21)13-11-9-17-18-12(11)15-10-16-13/h9-10H,3-8H2,1-2H3,(H,15,16,17,18). The maximum Gasteiger partial charge on any atom is 0.320 e. The second-order valence-electron chi connectivity index (χ2n) is 5.26. The second-order valence-corrected chi connectivity index (χ2v) is 5.26. The Bertz CT molecular complexity index is 643. The lowest BCUT2D eigenvalue weighted by atomic mass is 10.3. The molecule has 1 fully saturated rings. The number of H-pyrrole nitrogens is 1. The largest absolute Gasteiger partial charge is 0.352 e. The summed E-state index contributed by atoms with van der Waals surface area (Å²) in [6, 6.07) is 0.126. The molecule has 0 atom stereocenters. The molecule has 0 spiro atoms. The molecule has 0 saturated carbocycles. The van der Waals surface area contributed by atoms with E-state index in [1.54, 1.807) is 12.5 Å². The van der Waals surface area contributed by atoms with Crippen LogP contribution in [0.5, 0.6) is 0 Å². The van der Waals surface area contributed by atoms with E-state index in [0.717, 1.165) is 43.0 Å². The minimum atomic E-state index is 0.126. The van der Waals surface area contributed by atoms with Crippen LogP contribution < -0.4 is 4.90 Å². The fourth-order valence-corrected chi connectivity index (χ4v) is 2.81. The first kappa shape index (κ1) is 14.6. The number of piperazine rings is 1. The van der Waals surface area contributed by atoms with E-state index in [1.807, 2.05) is 23.6 Å². The predicted molar refractivity (Wildman–Crippen MR) is 83.8 cm³/mol. The van der Waals surface area contributed by atoms with Gasteiger partial charge in [-0.05, 0) is 13.8 Å². The van der Waals surface area contributed by atoms with Gasteiger partial charge in [0.1, 0.15) is 12.1 Å². The summed E-state index contributed by atoms with van der Waals surface area (Å²) in [5.74, 6) is 0.883. The van der Waals surface area contributed by atoms with E-state index in [1.165, 1.54) is 0 Å². The number of nitrogens with one attached hydrogen (secondary N) is 1. The molecule has 1 N–H and O–H groups in total. The molecular formula is C14H21N7O. The summed E-state index contributed by atoms with van der Waals surface area (Å²) in [4.78, 5) is 26.9. The third-order valence-corrected chi connectivity index (χ3v) is 4.11. The number of hydrogen-bond donors (Lipinski definition) is 1. The first-order chi connectivity index (χ1) is 10.7. The van der Waals surface area contributed by atoms with Gasteiger partial charge in [-0.25, -0.2) is 14.8 Å². The zero-order valence-corrected chi connectivity index (χ0v) is 13.0. The van der Waals surface area contributed by atoms with Gasteiger partial charge in [0.15, 0.2) is 5.65 Å². The fraction of sp³-hybridized carbons (Fsp3) is 0.571. The highest BCUT2D eigenvalue weighted by Gasteiger charge is 2.25. The van der Waals surface area contributed by atoms with Gasteiger partial charge in [-0.1, -0.05) is 0 Å². The first-order valence-electron chi connectivity index (χ1n) is 7.67. The topological polar surface area (TPSA) is 81.3 Å². The molecule has 8 heteroatoms. The normalized spacial score (nSPS) is 15.4. The Morgan fingerprint density at radius 3 is 2.64 bits per heavy atom. The summed E-state index contributed by atoms with van der Waals surface area (Å²) in [6.07, 6.45) is 3.29. The molecule has 1 saturated heterocycles. The molecule has 0 radical (unpaired) electrons. The van der Waals surface area contributed by atoms with Crippen molar-refractivity contribution in [2.45, 2.75) is 13.8 Å². The summed E-state index contributed by atoms with van der Waals surface area (Å²) < 4.78 is 0. The molecule has 0 bridgehead atoms. The molecule has 3 heterocycles. The summed E-state index contributed by atoms with van der Waals surface area (Å²) in [5, 5.41) is 7.80. The molecule has 118 valence electrons. The molecule has 0 aromatic carbocycles.